The molecule has 0 spiro atoms. The maximum Gasteiger partial charge on any atom is 0.231 e. The Morgan fingerprint density at radius 1 is 1.24 bits per heavy atom. The van der Waals surface area contributed by atoms with Crippen molar-refractivity contribution in [2.75, 3.05) is 5.75 Å². The lowest BCUT2D eigenvalue weighted by Gasteiger charge is -2.26. The average Bonchev–Trinajstić information content (AvgIpc) is 2.73. The molecule has 1 aliphatic carbocycles. The van der Waals surface area contributed by atoms with Crippen molar-refractivity contribution in [1.82, 2.24) is 5.32 Å². The van der Waals surface area contributed by atoms with Gasteiger partial charge in [0.25, 0.3) is 0 Å². The molecular formula is C16H19BrN2OS. The van der Waals surface area contributed by atoms with E-state index in [0.717, 1.165) is 47.9 Å². The summed E-state index contributed by atoms with van der Waals surface area (Å²) >= 11 is 4.89. The Balaban J connectivity index is 1.88. The minimum atomic E-state index is -0.645. The maximum atomic E-state index is 12.1. The highest BCUT2D eigenvalue weighted by atomic mass is 79.9. The molecule has 21 heavy (non-hydrogen) atoms. The molecule has 0 unspecified atom stereocenters. The molecule has 0 bridgehead atoms. The Bertz CT molecular complexity index is 516. The first-order chi connectivity index (χ1) is 10.1. The summed E-state index contributed by atoms with van der Waals surface area (Å²) in [6, 6.07) is 10.2. The van der Waals surface area contributed by atoms with Crippen molar-refractivity contribution in [3.63, 3.8) is 0 Å². The summed E-state index contributed by atoms with van der Waals surface area (Å²) in [6.07, 6.45) is 5.91. The third-order valence-electron chi connectivity index (χ3n) is 3.73. The summed E-state index contributed by atoms with van der Waals surface area (Å²) in [6.45, 7) is 0. The first-order valence-electron chi connectivity index (χ1n) is 7.24. The monoisotopic (exact) mass is 366 g/mol. The van der Waals surface area contributed by atoms with Gasteiger partial charge in [0.1, 0.15) is 5.54 Å². The predicted octanol–water partition coefficient (Wildman–Crippen LogP) is 4.27. The van der Waals surface area contributed by atoms with Crippen molar-refractivity contribution in [2.24, 2.45) is 0 Å². The number of halogens is 1. The molecular weight excluding hydrogens is 348 g/mol. The van der Waals surface area contributed by atoms with E-state index in [9.17, 15) is 10.1 Å². The highest BCUT2D eigenvalue weighted by molar-refractivity contribution is 9.10. The zero-order chi connectivity index (χ0) is 15.1. The first-order valence-corrected chi connectivity index (χ1v) is 9.02. The molecule has 5 heteroatoms. The number of nitrogens with zero attached hydrogens (tertiary/aromatic N) is 1. The second kappa shape index (κ2) is 7.86. The van der Waals surface area contributed by atoms with Crippen LogP contribution in [-0.4, -0.2) is 17.2 Å². The molecule has 112 valence electrons. The number of nitriles is 1. The van der Waals surface area contributed by atoms with E-state index in [2.05, 4.69) is 27.3 Å². The van der Waals surface area contributed by atoms with Gasteiger partial charge < -0.3 is 5.32 Å². The standard InChI is InChI=1S/C16H19BrN2OS/c17-13-5-7-14(8-6-13)21-11-15(20)19-16(12-18)9-3-1-2-4-10-16/h5-8H,1-4,9-11H2,(H,19,20). The molecule has 1 amide bonds. The number of thioether (sulfide) groups is 1. The van der Waals surface area contributed by atoms with Gasteiger partial charge >= 0.3 is 0 Å². The fraction of sp³-hybridized carbons (Fsp3) is 0.500. The highest BCUT2D eigenvalue weighted by Gasteiger charge is 2.32. The molecule has 1 aromatic carbocycles. The van der Waals surface area contributed by atoms with Gasteiger partial charge in [0.15, 0.2) is 0 Å². The van der Waals surface area contributed by atoms with Crippen LogP contribution >= 0.6 is 27.7 Å². The van der Waals surface area contributed by atoms with Gasteiger partial charge in [0.05, 0.1) is 11.8 Å². The number of hydrogen-bond acceptors (Lipinski definition) is 3. The normalized spacial score (nSPS) is 17.5. The average molecular weight is 367 g/mol. The highest BCUT2D eigenvalue weighted by Crippen LogP contribution is 2.27. The number of amides is 1. The number of hydrogen-bond donors (Lipinski definition) is 1. The zero-order valence-electron chi connectivity index (χ0n) is 11.9. The summed E-state index contributed by atoms with van der Waals surface area (Å²) in [5.41, 5.74) is -0.645. The van der Waals surface area contributed by atoms with E-state index in [0.29, 0.717) is 5.75 Å². The third-order valence-corrected chi connectivity index (χ3v) is 5.27. The van der Waals surface area contributed by atoms with Crippen LogP contribution in [0.1, 0.15) is 38.5 Å². The van der Waals surface area contributed by atoms with Gasteiger partial charge in [0.2, 0.25) is 5.91 Å². The molecule has 0 radical (unpaired) electrons. The minimum absolute atomic E-state index is 0.0497. The Labute approximate surface area is 138 Å². The fourth-order valence-electron chi connectivity index (χ4n) is 2.58. The van der Waals surface area contributed by atoms with Gasteiger partial charge in [-0.05, 0) is 37.1 Å². The summed E-state index contributed by atoms with van der Waals surface area (Å²) < 4.78 is 1.03. The van der Waals surface area contributed by atoms with Gasteiger partial charge in [-0.15, -0.1) is 11.8 Å². The van der Waals surface area contributed by atoms with Gasteiger partial charge in [-0.2, -0.15) is 5.26 Å². The molecule has 1 fully saturated rings. The molecule has 0 aliphatic heterocycles. The van der Waals surface area contributed by atoms with E-state index >= 15 is 0 Å². The van der Waals surface area contributed by atoms with Crippen LogP contribution in [0, 0.1) is 11.3 Å². The van der Waals surface area contributed by atoms with Crippen LogP contribution in [0.5, 0.6) is 0 Å². The largest absolute Gasteiger partial charge is 0.337 e. The molecule has 1 saturated carbocycles. The van der Waals surface area contributed by atoms with Gasteiger partial charge in [0, 0.05) is 9.37 Å². The lowest BCUT2D eigenvalue weighted by Crippen LogP contribution is -2.47. The maximum absolute atomic E-state index is 12.1. The summed E-state index contributed by atoms with van der Waals surface area (Å²) in [5.74, 6) is 0.303. The van der Waals surface area contributed by atoms with Crippen LogP contribution in [0.15, 0.2) is 33.6 Å². The van der Waals surface area contributed by atoms with Crippen LogP contribution in [0.3, 0.4) is 0 Å². The fourth-order valence-corrected chi connectivity index (χ4v) is 3.54. The van der Waals surface area contributed by atoms with Crippen molar-refractivity contribution < 1.29 is 4.79 Å². The third kappa shape index (κ3) is 5.05. The summed E-state index contributed by atoms with van der Waals surface area (Å²) in [7, 11) is 0. The predicted molar refractivity (Wildman–Crippen MR) is 89.1 cm³/mol. The quantitative estimate of drug-likeness (QED) is 0.639. The van der Waals surface area contributed by atoms with Crippen molar-refractivity contribution in [2.45, 2.75) is 49.0 Å². The molecule has 0 atom stereocenters. The van der Waals surface area contributed by atoms with Crippen LogP contribution in [-0.2, 0) is 4.79 Å². The molecule has 0 heterocycles. The van der Waals surface area contributed by atoms with Gasteiger partial charge in [-0.1, -0.05) is 41.6 Å². The summed E-state index contributed by atoms with van der Waals surface area (Å²) in [5, 5.41) is 12.4. The SMILES string of the molecule is N#CC1(NC(=O)CSc2ccc(Br)cc2)CCCCCC1. The molecule has 1 aliphatic rings. The van der Waals surface area contributed by atoms with E-state index in [1.54, 1.807) is 0 Å². The molecule has 3 nitrogen and oxygen atoms in total. The number of nitrogens with one attached hydrogen (secondary N) is 1. The minimum Gasteiger partial charge on any atom is -0.337 e. The second-order valence-electron chi connectivity index (χ2n) is 5.40. The Morgan fingerprint density at radius 3 is 2.43 bits per heavy atom. The van der Waals surface area contributed by atoms with Crippen molar-refractivity contribution in [3.8, 4) is 6.07 Å². The van der Waals surface area contributed by atoms with Crippen LogP contribution < -0.4 is 5.32 Å². The Morgan fingerprint density at radius 2 is 1.86 bits per heavy atom. The number of benzene rings is 1. The van der Waals surface area contributed by atoms with E-state index in [-0.39, 0.29) is 5.91 Å². The lowest BCUT2D eigenvalue weighted by atomic mass is 9.92. The smallest absolute Gasteiger partial charge is 0.231 e. The van der Waals surface area contributed by atoms with Crippen LogP contribution in [0.25, 0.3) is 0 Å². The molecule has 0 saturated heterocycles. The Hall–Kier alpha value is -0.990. The topological polar surface area (TPSA) is 52.9 Å². The van der Waals surface area contributed by atoms with E-state index in [4.69, 9.17) is 0 Å². The molecule has 1 N–H and O–H groups in total. The van der Waals surface area contributed by atoms with Crippen molar-refractivity contribution in [1.29, 1.82) is 5.26 Å². The van der Waals surface area contributed by atoms with Gasteiger partial charge in [-0.3, -0.25) is 4.79 Å². The lowest BCUT2D eigenvalue weighted by molar-refractivity contribution is -0.120. The first kappa shape index (κ1) is 16.4. The van der Waals surface area contributed by atoms with Crippen molar-refractivity contribution in [3.05, 3.63) is 28.7 Å². The van der Waals surface area contributed by atoms with Crippen molar-refractivity contribution >= 4 is 33.6 Å². The molecule has 0 aromatic heterocycles. The number of rotatable bonds is 4. The summed E-state index contributed by atoms with van der Waals surface area (Å²) in [4.78, 5) is 13.2. The van der Waals surface area contributed by atoms with E-state index in [1.165, 1.54) is 11.8 Å². The van der Waals surface area contributed by atoms with E-state index < -0.39 is 5.54 Å². The number of carbonyl (C=O) groups excluding carboxylic acids is 1. The molecule has 1 aromatic rings. The Kier molecular flexibility index (Phi) is 6.13. The zero-order valence-corrected chi connectivity index (χ0v) is 14.3. The number of carbonyl (C=O) groups is 1. The van der Waals surface area contributed by atoms with Crippen LogP contribution in [0.4, 0.5) is 0 Å². The van der Waals surface area contributed by atoms with Crippen LogP contribution in [0.2, 0.25) is 0 Å². The van der Waals surface area contributed by atoms with E-state index in [1.807, 2.05) is 24.3 Å². The van der Waals surface area contributed by atoms with Gasteiger partial charge in [-0.25, -0.2) is 0 Å². The molecule has 2 rings (SSSR count). The second-order valence-corrected chi connectivity index (χ2v) is 7.36.